The van der Waals surface area contributed by atoms with Gasteiger partial charge in [-0.05, 0) is 12.1 Å². The minimum Gasteiger partial charge on any atom is -0.368 e. The number of hydrogen-bond acceptors (Lipinski definition) is 4. The van der Waals surface area contributed by atoms with Crippen LogP contribution in [0.5, 0.6) is 0 Å². The lowest BCUT2D eigenvalue weighted by atomic mass is 10.4. The third-order valence-corrected chi connectivity index (χ3v) is 2.76. The Morgan fingerprint density at radius 2 is 2.00 bits per heavy atom. The molecule has 5 nitrogen and oxygen atoms in total. The van der Waals surface area contributed by atoms with Gasteiger partial charge in [-0.2, -0.15) is 0 Å². The van der Waals surface area contributed by atoms with Crippen molar-refractivity contribution >= 4 is 23.6 Å². The minimum atomic E-state index is -0.621. The Morgan fingerprint density at radius 3 is 2.65 bits per heavy atom. The van der Waals surface area contributed by atoms with Crippen LogP contribution in [0.15, 0.2) is 35.2 Å². The number of benzene rings is 1. The van der Waals surface area contributed by atoms with Gasteiger partial charge in [0.05, 0.1) is 0 Å². The summed E-state index contributed by atoms with van der Waals surface area (Å²) in [5.74, 6) is -0.242. The SMILES string of the molecule is NC(=O)CONC(=O)CCSc1ccccc1. The van der Waals surface area contributed by atoms with Crippen LogP contribution in [0.1, 0.15) is 6.42 Å². The van der Waals surface area contributed by atoms with Crippen molar-refractivity contribution in [1.29, 1.82) is 0 Å². The van der Waals surface area contributed by atoms with Gasteiger partial charge in [-0.15, -0.1) is 11.8 Å². The van der Waals surface area contributed by atoms with Crippen molar-refractivity contribution in [3.05, 3.63) is 30.3 Å². The maximum Gasteiger partial charge on any atom is 0.246 e. The van der Waals surface area contributed by atoms with E-state index in [1.165, 1.54) is 0 Å². The molecule has 17 heavy (non-hydrogen) atoms. The molecule has 0 heterocycles. The van der Waals surface area contributed by atoms with E-state index in [0.717, 1.165) is 4.90 Å². The van der Waals surface area contributed by atoms with Crippen LogP contribution < -0.4 is 11.2 Å². The van der Waals surface area contributed by atoms with Crippen LogP contribution in [0.25, 0.3) is 0 Å². The quantitative estimate of drug-likeness (QED) is 0.554. The normalized spacial score (nSPS) is 9.88. The highest BCUT2D eigenvalue weighted by Gasteiger charge is 2.02. The Labute approximate surface area is 104 Å². The zero-order valence-corrected chi connectivity index (χ0v) is 10.0. The van der Waals surface area contributed by atoms with Crippen molar-refractivity contribution in [3.63, 3.8) is 0 Å². The van der Waals surface area contributed by atoms with Crippen molar-refractivity contribution in [2.24, 2.45) is 5.73 Å². The van der Waals surface area contributed by atoms with E-state index >= 15 is 0 Å². The highest BCUT2D eigenvalue weighted by atomic mass is 32.2. The lowest BCUT2D eigenvalue weighted by Gasteiger charge is -2.04. The summed E-state index contributed by atoms with van der Waals surface area (Å²) >= 11 is 1.58. The fourth-order valence-electron chi connectivity index (χ4n) is 1.02. The number of carbonyl (C=O) groups is 2. The molecule has 0 fully saturated rings. The van der Waals surface area contributed by atoms with Gasteiger partial charge in [-0.25, -0.2) is 5.48 Å². The third-order valence-electron chi connectivity index (χ3n) is 1.74. The molecule has 6 heteroatoms. The van der Waals surface area contributed by atoms with Crippen LogP contribution in [0, 0.1) is 0 Å². The summed E-state index contributed by atoms with van der Waals surface area (Å²) in [6.07, 6.45) is 0.318. The van der Waals surface area contributed by atoms with Gasteiger partial charge in [-0.1, -0.05) is 18.2 Å². The predicted octanol–water partition coefficient (Wildman–Crippen LogP) is 0.702. The number of hydroxylamine groups is 1. The largest absolute Gasteiger partial charge is 0.368 e. The molecule has 0 unspecified atom stereocenters. The molecule has 1 aromatic rings. The summed E-state index contributed by atoms with van der Waals surface area (Å²) in [4.78, 5) is 27.2. The summed E-state index contributed by atoms with van der Waals surface area (Å²) < 4.78 is 0. The fraction of sp³-hybridized carbons (Fsp3) is 0.273. The standard InChI is InChI=1S/C11H14N2O3S/c12-10(14)8-16-13-11(15)6-7-17-9-4-2-1-3-5-9/h1-5H,6-8H2,(H2,12,14)(H,13,15). The van der Waals surface area contributed by atoms with Crippen molar-refractivity contribution in [3.8, 4) is 0 Å². The van der Waals surface area contributed by atoms with Gasteiger partial charge in [0.2, 0.25) is 11.8 Å². The summed E-state index contributed by atoms with van der Waals surface area (Å²) in [6.45, 7) is -0.308. The zero-order valence-electron chi connectivity index (χ0n) is 9.22. The molecule has 0 aliphatic rings. The number of primary amides is 1. The van der Waals surface area contributed by atoms with Crippen LogP contribution >= 0.6 is 11.8 Å². The molecule has 0 atom stereocenters. The molecule has 92 valence electrons. The van der Waals surface area contributed by atoms with E-state index < -0.39 is 5.91 Å². The highest BCUT2D eigenvalue weighted by molar-refractivity contribution is 7.99. The van der Waals surface area contributed by atoms with Crippen molar-refractivity contribution < 1.29 is 14.4 Å². The average molecular weight is 254 g/mol. The molecule has 0 radical (unpaired) electrons. The minimum absolute atomic E-state index is 0.269. The Morgan fingerprint density at radius 1 is 1.29 bits per heavy atom. The molecule has 0 aliphatic heterocycles. The first-order chi connectivity index (χ1) is 8.18. The number of rotatable bonds is 7. The maximum atomic E-state index is 11.2. The Bertz CT molecular complexity index is 370. The van der Waals surface area contributed by atoms with E-state index in [4.69, 9.17) is 5.73 Å². The Kier molecular flexibility index (Phi) is 6.13. The molecular weight excluding hydrogens is 240 g/mol. The molecule has 0 saturated carbocycles. The number of nitrogens with two attached hydrogens (primary N) is 1. The van der Waals surface area contributed by atoms with Gasteiger partial charge < -0.3 is 5.73 Å². The number of thioether (sulfide) groups is 1. The second kappa shape index (κ2) is 7.70. The van der Waals surface area contributed by atoms with E-state index in [-0.39, 0.29) is 12.5 Å². The lowest BCUT2D eigenvalue weighted by Crippen LogP contribution is -2.29. The lowest BCUT2D eigenvalue weighted by molar-refractivity contribution is -0.137. The topological polar surface area (TPSA) is 81.4 Å². The second-order valence-corrected chi connectivity index (χ2v) is 4.36. The molecule has 1 rings (SSSR count). The van der Waals surface area contributed by atoms with Crippen LogP contribution in [-0.2, 0) is 14.4 Å². The van der Waals surface area contributed by atoms with Crippen molar-refractivity contribution in [2.45, 2.75) is 11.3 Å². The molecule has 0 aromatic heterocycles. The first-order valence-corrected chi connectivity index (χ1v) is 6.04. The Balaban J connectivity index is 2.10. The molecule has 2 amide bonds. The molecule has 0 saturated heterocycles. The average Bonchev–Trinajstić information content (AvgIpc) is 2.30. The maximum absolute atomic E-state index is 11.2. The molecule has 3 N–H and O–H groups in total. The van der Waals surface area contributed by atoms with Crippen molar-refractivity contribution in [2.75, 3.05) is 12.4 Å². The zero-order chi connectivity index (χ0) is 12.5. The van der Waals surface area contributed by atoms with E-state index in [1.54, 1.807) is 11.8 Å². The van der Waals surface area contributed by atoms with Gasteiger partial charge in [0.15, 0.2) is 6.61 Å². The van der Waals surface area contributed by atoms with E-state index in [2.05, 4.69) is 10.3 Å². The summed E-state index contributed by atoms with van der Waals surface area (Å²) in [5, 5.41) is 0. The Hall–Kier alpha value is -1.53. The number of hydrogen-bond donors (Lipinski definition) is 2. The van der Waals surface area contributed by atoms with Crippen LogP contribution in [0.2, 0.25) is 0 Å². The van der Waals surface area contributed by atoms with Crippen LogP contribution in [0.3, 0.4) is 0 Å². The van der Waals surface area contributed by atoms with Gasteiger partial charge in [-0.3, -0.25) is 14.4 Å². The molecule has 1 aromatic carbocycles. The molecule has 0 bridgehead atoms. The second-order valence-electron chi connectivity index (χ2n) is 3.19. The van der Waals surface area contributed by atoms with E-state index in [9.17, 15) is 9.59 Å². The smallest absolute Gasteiger partial charge is 0.246 e. The number of carbonyl (C=O) groups excluding carboxylic acids is 2. The van der Waals surface area contributed by atoms with E-state index in [1.807, 2.05) is 30.3 Å². The predicted molar refractivity (Wildman–Crippen MR) is 65.1 cm³/mol. The number of amides is 2. The van der Waals surface area contributed by atoms with Gasteiger partial charge in [0.1, 0.15) is 0 Å². The third kappa shape index (κ3) is 6.60. The first-order valence-electron chi connectivity index (χ1n) is 5.05. The summed E-state index contributed by atoms with van der Waals surface area (Å²) in [7, 11) is 0. The van der Waals surface area contributed by atoms with Crippen LogP contribution in [-0.4, -0.2) is 24.2 Å². The monoisotopic (exact) mass is 254 g/mol. The highest BCUT2D eigenvalue weighted by Crippen LogP contribution is 2.17. The summed E-state index contributed by atoms with van der Waals surface area (Å²) in [5.41, 5.74) is 6.98. The van der Waals surface area contributed by atoms with Crippen LogP contribution in [0.4, 0.5) is 0 Å². The van der Waals surface area contributed by atoms with Gasteiger partial charge in [0.25, 0.3) is 0 Å². The fourth-order valence-corrected chi connectivity index (χ4v) is 1.89. The van der Waals surface area contributed by atoms with E-state index in [0.29, 0.717) is 12.2 Å². The molecule has 0 aliphatic carbocycles. The molecular formula is C11H14N2O3S. The number of nitrogens with one attached hydrogen (secondary N) is 1. The van der Waals surface area contributed by atoms with Gasteiger partial charge >= 0.3 is 0 Å². The summed E-state index contributed by atoms with van der Waals surface area (Å²) in [6, 6.07) is 9.78. The van der Waals surface area contributed by atoms with Crippen molar-refractivity contribution in [1.82, 2.24) is 5.48 Å². The van der Waals surface area contributed by atoms with Gasteiger partial charge in [0, 0.05) is 17.1 Å². The molecule has 0 spiro atoms. The first kappa shape index (κ1) is 13.5.